The fourth-order valence-electron chi connectivity index (χ4n) is 2.70. The molecule has 0 radical (unpaired) electrons. The topological polar surface area (TPSA) is 87.5 Å². The average Bonchev–Trinajstić information content (AvgIpc) is 3.02. The van der Waals surface area contributed by atoms with Gasteiger partial charge >= 0.3 is 6.03 Å². The summed E-state index contributed by atoms with van der Waals surface area (Å²) in [6.45, 7) is 7.38. The highest BCUT2D eigenvalue weighted by atomic mass is 16.2. The molecule has 1 saturated heterocycles. The Labute approximate surface area is 141 Å². The molecule has 0 aromatic carbocycles. The molecule has 1 unspecified atom stereocenters. The molecule has 0 saturated carbocycles. The molecule has 24 heavy (non-hydrogen) atoms. The van der Waals surface area contributed by atoms with E-state index < -0.39 is 12.1 Å². The summed E-state index contributed by atoms with van der Waals surface area (Å²) in [5.41, 5.74) is 1.86. The molecule has 8 heteroatoms. The molecule has 1 aliphatic heterocycles. The standard InChI is InChI=1S/C16H25N5O3/c1-5-7-21-15(23)13(17-16(21)24)8-14(22)19(4)9-12-10-20(6-2)18-11(12)3/h10,13H,5-9H2,1-4H3,(H,17,24). The van der Waals surface area contributed by atoms with E-state index in [1.165, 1.54) is 4.90 Å². The van der Waals surface area contributed by atoms with Gasteiger partial charge in [0, 0.05) is 38.4 Å². The monoisotopic (exact) mass is 335 g/mol. The normalized spacial score (nSPS) is 17.3. The van der Waals surface area contributed by atoms with Crippen molar-refractivity contribution >= 4 is 17.8 Å². The third-order valence-electron chi connectivity index (χ3n) is 4.14. The van der Waals surface area contributed by atoms with E-state index >= 15 is 0 Å². The van der Waals surface area contributed by atoms with Crippen LogP contribution >= 0.6 is 0 Å². The highest BCUT2D eigenvalue weighted by Gasteiger charge is 2.38. The average molecular weight is 335 g/mol. The zero-order valence-electron chi connectivity index (χ0n) is 14.7. The lowest BCUT2D eigenvalue weighted by Crippen LogP contribution is -2.37. The van der Waals surface area contributed by atoms with Gasteiger partial charge in [-0.3, -0.25) is 19.2 Å². The first-order chi connectivity index (χ1) is 11.4. The first-order valence-electron chi connectivity index (χ1n) is 8.26. The summed E-state index contributed by atoms with van der Waals surface area (Å²) in [5, 5.41) is 6.94. The van der Waals surface area contributed by atoms with E-state index in [-0.39, 0.29) is 18.2 Å². The van der Waals surface area contributed by atoms with Gasteiger partial charge in [0.25, 0.3) is 5.91 Å². The summed E-state index contributed by atoms with van der Waals surface area (Å²) in [7, 11) is 1.69. The zero-order chi connectivity index (χ0) is 17.9. The molecule has 8 nitrogen and oxygen atoms in total. The van der Waals surface area contributed by atoms with Gasteiger partial charge in [-0.2, -0.15) is 5.10 Å². The highest BCUT2D eigenvalue weighted by molar-refractivity contribution is 6.05. The van der Waals surface area contributed by atoms with Gasteiger partial charge in [-0.15, -0.1) is 0 Å². The zero-order valence-corrected chi connectivity index (χ0v) is 14.7. The Hall–Kier alpha value is -2.38. The lowest BCUT2D eigenvalue weighted by atomic mass is 10.1. The van der Waals surface area contributed by atoms with Crippen molar-refractivity contribution in [2.45, 2.75) is 52.7 Å². The number of carbonyl (C=O) groups excluding carboxylic acids is 3. The van der Waals surface area contributed by atoms with E-state index in [0.29, 0.717) is 19.5 Å². The summed E-state index contributed by atoms with van der Waals surface area (Å²) in [6, 6.07) is -1.18. The Morgan fingerprint density at radius 2 is 2.08 bits per heavy atom. The van der Waals surface area contributed by atoms with Crippen LogP contribution in [0.5, 0.6) is 0 Å². The molecule has 1 aliphatic rings. The first kappa shape index (κ1) is 18.0. The van der Waals surface area contributed by atoms with Crippen molar-refractivity contribution in [3.8, 4) is 0 Å². The predicted molar refractivity (Wildman–Crippen MR) is 88.1 cm³/mol. The fraction of sp³-hybridized carbons (Fsp3) is 0.625. The lowest BCUT2D eigenvalue weighted by Gasteiger charge is -2.18. The van der Waals surface area contributed by atoms with Crippen LogP contribution in [0.2, 0.25) is 0 Å². The quantitative estimate of drug-likeness (QED) is 0.750. The maximum Gasteiger partial charge on any atom is 0.324 e. The molecule has 1 aromatic heterocycles. The molecule has 1 fully saturated rings. The molecule has 1 atom stereocenters. The third kappa shape index (κ3) is 3.74. The van der Waals surface area contributed by atoms with Gasteiger partial charge in [0.15, 0.2) is 0 Å². The van der Waals surface area contributed by atoms with E-state index in [1.807, 2.05) is 31.6 Å². The van der Waals surface area contributed by atoms with Gasteiger partial charge in [-0.25, -0.2) is 4.79 Å². The Kier molecular flexibility index (Phi) is 5.58. The molecule has 1 N–H and O–H groups in total. The number of urea groups is 1. The molecule has 0 aliphatic carbocycles. The van der Waals surface area contributed by atoms with Crippen LogP contribution < -0.4 is 5.32 Å². The van der Waals surface area contributed by atoms with Crippen molar-refractivity contribution in [1.82, 2.24) is 24.9 Å². The Bertz CT molecular complexity index is 640. The van der Waals surface area contributed by atoms with Crippen LogP contribution in [0.25, 0.3) is 0 Å². The molecular weight excluding hydrogens is 310 g/mol. The number of hydrogen-bond donors (Lipinski definition) is 1. The maximum atomic E-state index is 12.4. The van der Waals surface area contributed by atoms with Crippen LogP contribution in [-0.2, 0) is 22.7 Å². The molecular formula is C16H25N5O3. The Morgan fingerprint density at radius 3 is 2.67 bits per heavy atom. The fourth-order valence-corrected chi connectivity index (χ4v) is 2.70. The minimum Gasteiger partial charge on any atom is -0.341 e. The van der Waals surface area contributed by atoms with Crippen molar-refractivity contribution < 1.29 is 14.4 Å². The van der Waals surface area contributed by atoms with Crippen molar-refractivity contribution in [2.24, 2.45) is 0 Å². The minimum absolute atomic E-state index is 0.0255. The third-order valence-corrected chi connectivity index (χ3v) is 4.14. The van der Waals surface area contributed by atoms with Crippen LogP contribution in [0.1, 0.15) is 37.9 Å². The highest BCUT2D eigenvalue weighted by Crippen LogP contribution is 2.13. The summed E-state index contributed by atoms with van der Waals surface area (Å²) in [6.07, 6.45) is 2.59. The number of amides is 4. The van der Waals surface area contributed by atoms with Crippen LogP contribution in [-0.4, -0.2) is 57.1 Å². The Balaban J connectivity index is 1.95. The SMILES string of the molecule is CCCN1C(=O)NC(CC(=O)N(C)Cc2cn(CC)nc2C)C1=O. The largest absolute Gasteiger partial charge is 0.341 e. The van der Waals surface area contributed by atoms with Crippen LogP contribution in [0, 0.1) is 6.92 Å². The predicted octanol–water partition coefficient (Wildman–Crippen LogP) is 0.890. The van der Waals surface area contributed by atoms with E-state index in [1.54, 1.807) is 11.9 Å². The van der Waals surface area contributed by atoms with E-state index in [2.05, 4.69) is 10.4 Å². The summed E-state index contributed by atoms with van der Waals surface area (Å²) in [5.74, 6) is -0.505. The van der Waals surface area contributed by atoms with Gasteiger partial charge in [-0.05, 0) is 20.3 Å². The second-order valence-electron chi connectivity index (χ2n) is 6.04. The number of carbonyl (C=O) groups is 3. The second-order valence-corrected chi connectivity index (χ2v) is 6.04. The minimum atomic E-state index is -0.765. The number of aryl methyl sites for hydroxylation is 2. The Morgan fingerprint density at radius 1 is 1.38 bits per heavy atom. The summed E-state index contributed by atoms with van der Waals surface area (Å²) >= 11 is 0. The number of hydrogen-bond acceptors (Lipinski definition) is 4. The lowest BCUT2D eigenvalue weighted by molar-refractivity contribution is -0.135. The molecule has 2 heterocycles. The van der Waals surface area contributed by atoms with E-state index in [0.717, 1.165) is 17.8 Å². The molecule has 0 bridgehead atoms. The van der Waals surface area contributed by atoms with Crippen molar-refractivity contribution in [2.75, 3.05) is 13.6 Å². The maximum absolute atomic E-state index is 12.4. The van der Waals surface area contributed by atoms with Gasteiger partial charge in [-0.1, -0.05) is 6.92 Å². The van der Waals surface area contributed by atoms with Gasteiger partial charge in [0.05, 0.1) is 12.1 Å². The first-order valence-corrected chi connectivity index (χ1v) is 8.26. The molecule has 0 spiro atoms. The number of nitrogens with one attached hydrogen (secondary N) is 1. The number of nitrogens with zero attached hydrogens (tertiary/aromatic N) is 4. The van der Waals surface area contributed by atoms with E-state index in [9.17, 15) is 14.4 Å². The number of rotatable bonds is 7. The smallest absolute Gasteiger partial charge is 0.324 e. The van der Waals surface area contributed by atoms with Crippen LogP contribution in [0.15, 0.2) is 6.20 Å². The molecule has 2 rings (SSSR count). The van der Waals surface area contributed by atoms with Crippen molar-refractivity contribution in [3.05, 3.63) is 17.5 Å². The summed E-state index contributed by atoms with van der Waals surface area (Å²) < 4.78 is 1.83. The molecule has 132 valence electrons. The van der Waals surface area contributed by atoms with Crippen LogP contribution in [0.4, 0.5) is 4.79 Å². The van der Waals surface area contributed by atoms with Crippen molar-refractivity contribution in [3.63, 3.8) is 0 Å². The van der Waals surface area contributed by atoms with E-state index in [4.69, 9.17) is 0 Å². The number of aromatic nitrogens is 2. The van der Waals surface area contributed by atoms with Crippen molar-refractivity contribution in [1.29, 1.82) is 0 Å². The van der Waals surface area contributed by atoms with Gasteiger partial charge in [0.1, 0.15) is 6.04 Å². The summed E-state index contributed by atoms with van der Waals surface area (Å²) in [4.78, 5) is 39.1. The van der Waals surface area contributed by atoms with Gasteiger partial charge in [0.2, 0.25) is 5.91 Å². The van der Waals surface area contributed by atoms with Gasteiger partial charge < -0.3 is 10.2 Å². The second kappa shape index (κ2) is 7.46. The number of imide groups is 1. The molecule has 4 amide bonds. The molecule has 1 aromatic rings. The van der Waals surface area contributed by atoms with Crippen LogP contribution in [0.3, 0.4) is 0 Å².